The van der Waals surface area contributed by atoms with E-state index in [0.29, 0.717) is 10.6 Å². The van der Waals surface area contributed by atoms with Gasteiger partial charge >= 0.3 is 0 Å². The van der Waals surface area contributed by atoms with Gasteiger partial charge in [0.15, 0.2) is 0 Å². The largest absolute Gasteiger partial charge is 0.330 e. The van der Waals surface area contributed by atoms with Crippen LogP contribution in [0, 0.1) is 5.41 Å². The lowest BCUT2D eigenvalue weighted by Gasteiger charge is -2.22. The summed E-state index contributed by atoms with van der Waals surface area (Å²) in [4.78, 5) is 14.8. The fourth-order valence-corrected chi connectivity index (χ4v) is 3.36. The first-order valence-corrected chi connectivity index (χ1v) is 8.93. The van der Waals surface area contributed by atoms with E-state index in [2.05, 4.69) is 23.2 Å². The van der Waals surface area contributed by atoms with E-state index in [1.54, 1.807) is 24.3 Å². The van der Waals surface area contributed by atoms with Gasteiger partial charge in [-0.15, -0.1) is 0 Å². The summed E-state index contributed by atoms with van der Waals surface area (Å²) in [6, 6.07) is 14.9. The SMILES string of the molecule is CC1(CN)CCN(Cc2cccc(NC(=O)c3ccc(Cl)cc3)c2)C1. The first kappa shape index (κ1) is 17.9. The monoisotopic (exact) mass is 357 g/mol. The van der Waals surface area contributed by atoms with Gasteiger partial charge in [-0.1, -0.05) is 30.7 Å². The third kappa shape index (κ3) is 4.60. The van der Waals surface area contributed by atoms with Crippen molar-refractivity contribution >= 4 is 23.2 Å². The van der Waals surface area contributed by atoms with Gasteiger partial charge < -0.3 is 11.1 Å². The van der Waals surface area contributed by atoms with Crippen molar-refractivity contribution in [2.24, 2.45) is 11.1 Å². The Balaban J connectivity index is 1.63. The van der Waals surface area contributed by atoms with Crippen LogP contribution >= 0.6 is 11.6 Å². The molecule has 0 radical (unpaired) electrons. The number of amides is 1. The van der Waals surface area contributed by atoms with Crippen LogP contribution in [0.1, 0.15) is 29.3 Å². The van der Waals surface area contributed by atoms with Crippen molar-refractivity contribution in [1.82, 2.24) is 4.90 Å². The van der Waals surface area contributed by atoms with Crippen LogP contribution in [0.2, 0.25) is 5.02 Å². The summed E-state index contributed by atoms with van der Waals surface area (Å²) in [5.74, 6) is -0.134. The van der Waals surface area contributed by atoms with Gasteiger partial charge in [0.05, 0.1) is 0 Å². The Morgan fingerprint density at radius 1 is 1.28 bits per heavy atom. The smallest absolute Gasteiger partial charge is 0.255 e. The minimum Gasteiger partial charge on any atom is -0.330 e. The van der Waals surface area contributed by atoms with Crippen molar-refractivity contribution in [1.29, 1.82) is 0 Å². The molecule has 1 heterocycles. The van der Waals surface area contributed by atoms with Crippen LogP contribution in [-0.2, 0) is 6.54 Å². The van der Waals surface area contributed by atoms with Crippen LogP contribution in [0.4, 0.5) is 5.69 Å². The van der Waals surface area contributed by atoms with E-state index < -0.39 is 0 Å². The highest BCUT2D eigenvalue weighted by Gasteiger charge is 2.32. The van der Waals surface area contributed by atoms with Crippen molar-refractivity contribution in [2.75, 3.05) is 25.0 Å². The molecule has 0 aromatic heterocycles. The Labute approximate surface area is 154 Å². The Kier molecular flexibility index (Phi) is 5.42. The molecular formula is C20H24ClN3O. The predicted octanol–water partition coefficient (Wildman–Crippen LogP) is 3.76. The van der Waals surface area contributed by atoms with Gasteiger partial charge in [-0.25, -0.2) is 0 Å². The molecule has 3 N–H and O–H groups in total. The van der Waals surface area contributed by atoms with E-state index in [-0.39, 0.29) is 11.3 Å². The van der Waals surface area contributed by atoms with E-state index in [4.69, 9.17) is 17.3 Å². The molecule has 2 aromatic rings. The van der Waals surface area contributed by atoms with Crippen LogP contribution in [0.3, 0.4) is 0 Å². The Morgan fingerprint density at radius 2 is 2.04 bits per heavy atom. The lowest BCUT2D eigenvalue weighted by atomic mass is 9.90. The van der Waals surface area contributed by atoms with Crippen molar-refractivity contribution in [3.63, 3.8) is 0 Å². The van der Waals surface area contributed by atoms with Gasteiger partial charge in [0.25, 0.3) is 5.91 Å². The maximum Gasteiger partial charge on any atom is 0.255 e. The number of nitrogens with one attached hydrogen (secondary N) is 1. The number of hydrogen-bond acceptors (Lipinski definition) is 3. The summed E-state index contributed by atoms with van der Waals surface area (Å²) in [5.41, 5.74) is 8.69. The summed E-state index contributed by atoms with van der Waals surface area (Å²) in [5, 5.41) is 3.57. The van der Waals surface area contributed by atoms with Crippen LogP contribution in [0.15, 0.2) is 48.5 Å². The van der Waals surface area contributed by atoms with Gasteiger partial charge in [-0.2, -0.15) is 0 Å². The average Bonchev–Trinajstić information content (AvgIpc) is 2.97. The first-order chi connectivity index (χ1) is 12.0. The van der Waals surface area contributed by atoms with Crippen LogP contribution in [0.5, 0.6) is 0 Å². The van der Waals surface area contributed by atoms with Gasteiger partial charge in [-0.05, 0) is 66.9 Å². The predicted molar refractivity (Wildman–Crippen MR) is 103 cm³/mol. The number of likely N-dealkylation sites (tertiary alicyclic amines) is 1. The fraction of sp³-hybridized carbons (Fsp3) is 0.350. The molecule has 132 valence electrons. The number of nitrogens with two attached hydrogens (primary N) is 1. The summed E-state index contributed by atoms with van der Waals surface area (Å²) < 4.78 is 0. The molecule has 0 aliphatic carbocycles. The number of anilines is 1. The molecule has 25 heavy (non-hydrogen) atoms. The number of benzene rings is 2. The second-order valence-electron chi connectivity index (χ2n) is 7.14. The molecule has 5 heteroatoms. The molecular weight excluding hydrogens is 334 g/mol. The van der Waals surface area contributed by atoms with Gasteiger partial charge in [0.1, 0.15) is 0 Å². The highest BCUT2D eigenvalue weighted by atomic mass is 35.5. The zero-order chi connectivity index (χ0) is 17.9. The first-order valence-electron chi connectivity index (χ1n) is 8.56. The molecule has 3 rings (SSSR count). The normalized spacial score (nSPS) is 20.6. The maximum absolute atomic E-state index is 12.3. The molecule has 0 spiro atoms. The molecule has 1 fully saturated rings. The van der Waals surface area contributed by atoms with Crippen molar-refractivity contribution in [3.8, 4) is 0 Å². The highest BCUT2D eigenvalue weighted by molar-refractivity contribution is 6.30. The van der Waals surface area contributed by atoms with Gasteiger partial charge in [0.2, 0.25) is 0 Å². The summed E-state index contributed by atoms with van der Waals surface area (Å²) in [6.07, 6.45) is 1.14. The third-order valence-electron chi connectivity index (χ3n) is 4.83. The van der Waals surface area contributed by atoms with Gasteiger partial charge in [-0.3, -0.25) is 9.69 Å². The van der Waals surface area contributed by atoms with Crippen LogP contribution in [-0.4, -0.2) is 30.4 Å². The molecule has 2 aromatic carbocycles. The highest BCUT2D eigenvalue weighted by Crippen LogP contribution is 2.29. The Hall–Kier alpha value is -1.88. The second-order valence-corrected chi connectivity index (χ2v) is 7.57. The number of carbonyl (C=O) groups excluding carboxylic acids is 1. The topological polar surface area (TPSA) is 58.4 Å². The quantitative estimate of drug-likeness (QED) is 0.856. The molecule has 4 nitrogen and oxygen atoms in total. The summed E-state index contributed by atoms with van der Waals surface area (Å²) in [6.45, 7) is 5.93. The third-order valence-corrected chi connectivity index (χ3v) is 5.08. The molecule has 1 atom stereocenters. The molecule has 1 aliphatic heterocycles. The molecule has 1 saturated heterocycles. The number of rotatable bonds is 5. The number of hydrogen-bond donors (Lipinski definition) is 2. The summed E-state index contributed by atoms with van der Waals surface area (Å²) >= 11 is 5.86. The average molecular weight is 358 g/mol. The standard InChI is InChI=1S/C20H24ClN3O/c1-20(13-22)9-10-24(14-20)12-15-3-2-4-18(11-15)23-19(25)16-5-7-17(21)8-6-16/h2-8,11H,9-10,12-14,22H2,1H3,(H,23,25). The second kappa shape index (κ2) is 7.56. The number of nitrogens with zero attached hydrogens (tertiary/aromatic N) is 1. The van der Waals surface area contributed by atoms with E-state index in [0.717, 1.165) is 38.3 Å². The lowest BCUT2D eigenvalue weighted by molar-refractivity contribution is 0.102. The fourth-order valence-electron chi connectivity index (χ4n) is 3.24. The van der Waals surface area contributed by atoms with E-state index in [9.17, 15) is 4.79 Å². The zero-order valence-electron chi connectivity index (χ0n) is 14.5. The van der Waals surface area contributed by atoms with E-state index >= 15 is 0 Å². The van der Waals surface area contributed by atoms with Crippen LogP contribution < -0.4 is 11.1 Å². The maximum atomic E-state index is 12.3. The molecule has 1 unspecified atom stereocenters. The molecule has 1 aliphatic rings. The zero-order valence-corrected chi connectivity index (χ0v) is 15.2. The molecule has 0 bridgehead atoms. The minimum absolute atomic E-state index is 0.134. The van der Waals surface area contributed by atoms with Crippen molar-refractivity contribution in [2.45, 2.75) is 19.9 Å². The summed E-state index contributed by atoms with van der Waals surface area (Å²) in [7, 11) is 0. The van der Waals surface area contributed by atoms with E-state index in [1.807, 2.05) is 18.2 Å². The van der Waals surface area contributed by atoms with Crippen molar-refractivity contribution < 1.29 is 4.79 Å². The molecule has 1 amide bonds. The van der Waals surface area contributed by atoms with Crippen molar-refractivity contribution in [3.05, 3.63) is 64.7 Å². The van der Waals surface area contributed by atoms with Gasteiger partial charge in [0, 0.05) is 29.4 Å². The Morgan fingerprint density at radius 3 is 2.72 bits per heavy atom. The van der Waals surface area contributed by atoms with Crippen LogP contribution in [0.25, 0.3) is 0 Å². The molecule has 0 saturated carbocycles. The number of halogens is 1. The minimum atomic E-state index is -0.134. The number of carbonyl (C=O) groups is 1. The Bertz CT molecular complexity index is 747. The lowest BCUT2D eigenvalue weighted by Crippen LogP contribution is -2.31. The van der Waals surface area contributed by atoms with E-state index in [1.165, 1.54) is 5.56 Å².